The number of carbonyl (C=O) groups excluding carboxylic acids is 1. The molecule has 0 saturated carbocycles. The van der Waals surface area contributed by atoms with Gasteiger partial charge in [0.05, 0.1) is 12.3 Å². The normalized spacial score (nSPS) is 12.3. The number of hydrogen-bond acceptors (Lipinski definition) is 3. The van der Waals surface area contributed by atoms with E-state index < -0.39 is 0 Å². The van der Waals surface area contributed by atoms with E-state index in [0.29, 0.717) is 6.61 Å². The molecule has 1 amide bonds. The standard InChI is InChI=1S/C19H20FN3O2/c1-13(12-25-2)22-18(24)11-23-17(14-5-7-16(20)8-6-14)10-15-4-3-9-21-19(15)23/h3-10,13H,11-12H2,1-2H3,(H,22,24)/t13-/m1/s1. The van der Waals surface area contributed by atoms with Crippen molar-refractivity contribution in [3.63, 3.8) is 0 Å². The van der Waals surface area contributed by atoms with Crippen molar-refractivity contribution >= 4 is 16.9 Å². The molecular weight excluding hydrogens is 321 g/mol. The van der Waals surface area contributed by atoms with Crippen molar-refractivity contribution in [2.75, 3.05) is 13.7 Å². The van der Waals surface area contributed by atoms with E-state index in [4.69, 9.17) is 4.74 Å². The molecule has 0 aliphatic carbocycles. The van der Waals surface area contributed by atoms with E-state index in [0.717, 1.165) is 22.3 Å². The molecule has 25 heavy (non-hydrogen) atoms. The number of carbonyl (C=O) groups is 1. The highest BCUT2D eigenvalue weighted by molar-refractivity contribution is 5.87. The Kier molecular flexibility index (Phi) is 5.09. The number of methoxy groups -OCH3 is 1. The van der Waals surface area contributed by atoms with E-state index in [2.05, 4.69) is 10.3 Å². The zero-order valence-corrected chi connectivity index (χ0v) is 14.2. The van der Waals surface area contributed by atoms with Gasteiger partial charge in [-0.15, -0.1) is 0 Å². The lowest BCUT2D eigenvalue weighted by atomic mass is 10.1. The largest absolute Gasteiger partial charge is 0.383 e. The Morgan fingerprint density at radius 3 is 2.80 bits per heavy atom. The Morgan fingerprint density at radius 2 is 2.08 bits per heavy atom. The molecule has 1 N–H and O–H groups in total. The maximum atomic E-state index is 13.2. The molecule has 3 aromatic rings. The molecule has 0 spiro atoms. The van der Waals surface area contributed by atoms with Crippen LogP contribution in [0.15, 0.2) is 48.7 Å². The lowest BCUT2D eigenvalue weighted by Gasteiger charge is -2.15. The number of rotatable bonds is 6. The molecule has 0 unspecified atom stereocenters. The molecule has 0 radical (unpaired) electrons. The summed E-state index contributed by atoms with van der Waals surface area (Å²) >= 11 is 0. The fraction of sp³-hybridized carbons (Fsp3) is 0.263. The number of nitrogens with one attached hydrogen (secondary N) is 1. The van der Waals surface area contributed by atoms with Crippen LogP contribution in [0.4, 0.5) is 4.39 Å². The molecule has 1 aromatic carbocycles. The van der Waals surface area contributed by atoms with Crippen LogP contribution in [0, 0.1) is 5.82 Å². The minimum absolute atomic E-state index is 0.0819. The van der Waals surface area contributed by atoms with E-state index in [9.17, 15) is 9.18 Å². The van der Waals surface area contributed by atoms with Gasteiger partial charge in [0, 0.05) is 24.7 Å². The quantitative estimate of drug-likeness (QED) is 0.750. The third kappa shape index (κ3) is 3.85. The van der Waals surface area contributed by atoms with Gasteiger partial charge >= 0.3 is 0 Å². The third-order valence-corrected chi connectivity index (χ3v) is 3.92. The molecule has 2 heterocycles. The number of ether oxygens (including phenoxy) is 1. The van der Waals surface area contributed by atoms with Crippen molar-refractivity contribution in [2.45, 2.75) is 19.5 Å². The predicted octanol–water partition coefficient (Wildman–Crippen LogP) is 2.99. The monoisotopic (exact) mass is 341 g/mol. The number of halogens is 1. The number of pyridine rings is 1. The topological polar surface area (TPSA) is 56.1 Å². The lowest BCUT2D eigenvalue weighted by molar-refractivity contribution is -0.122. The summed E-state index contributed by atoms with van der Waals surface area (Å²) < 4.78 is 20.1. The number of nitrogens with zero attached hydrogens (tertiary/aromatic N) is 2. The molecule has 3 rings (SSSR count). The Hall–Kier alpha value is -2.73. The van der Waals surface area contributed by atoms with Gasteiger partial charge in [-0.2, -0.15) is 0 Å². The van der Waals surface area contributed by atoms with Gasteiger partial charge in [-0.05, 0) is 55.0 Å². The lowest BCUT2D eigenvalue weighted by Crippen LogP contribution is -2.37. The summed E-state index contributed by atoms with van der Waals surface area (Å²) in [6, 6.07) is 11.9. The van der Waals surface area contributed by atoms with Crippen LogP contribution in [0.5, 0.6) is 0 Å². The van der Waals surface area contributed by atoms with E-state index >= 15 is 0 Å². The molecule has 1 atom stereocenters. The van der Waals surface area contributed by atoms with Crippen LogP contribution < -0.4 is 5.32 Å². The highest BCUT2D eigenvalue weighted by atomic mass is 19.1. The number of aromatic nitrogens is 2. The van der Waals surface area contributed by atoms with Crippen molar-refractivity contribution in [1.29, 1.82) is 0 Å². The Morgan fingerprint density at radius 1 is 1.32 bits per heavy atom. The predicted molar refractivity (Wildman–Crippen MR) is 94.6 cm³/mol. The molecule has 0 saturated heterocycles. The van der Waals surface area contributed by atoms with E-state index in [1.54, 1.807) is 25.4 Å². The summed E-state index contributed by atoms with van der Waals surface area (Å²) in [5.74, 6) is -0.424. The van der Waals surface area contributed by atoms with Crippen molar-refractivity contribution in [1.82, 2.24) is 14.9 Å². The zero-order chi connectivity index (χ0) is 17.8. The molecule has 6 heteroatoms. The third-order valence-electron chi connectivity index (χ3n) is 3.92. The first-order valence-corrected chi connectivity index (χ1v) is 8.07. The second-order valence-electron chi connectivity index (χ2n) is 5.96. The fourth-order valence-electron chi connectivity index (χ4n) is 2.86. The van der Waals surface area contributed by atoms with Crippen LogP contribution in [0.1, 0.15) is 6.92 Å². The second kappa shape index (κ2) is 7.44. The Labute approximate surface area is 145 Å². The maximum absolute atomic E-state index is 13.2. The van der Waals surface area contributed by atoms with Gasteiger partial charge in [0.2, 0.25) is 5.91 Å². The Balaban J connectivity index is 1.96. The minimum Gasteiger partial charge on any atom is -0.383 e. The summed E-state index contributed by atoms with van der Waals surface area (Å²) in [4.78, 5) is 16.8. The minimum atomic E-state index is -0.296. The molecule has 0 fully saturated rings. The van der Waals surface area contributed by atoms with Gasteiger partial charge in [-0.25, -0.2) is 9.37 Å². The number of amides is 1. The molecule has 0 aliphatic heterocycles. The molecule has 5 nitrogen and oxygen atoms in total. The summed E-state index contributed by atoms with van der Waals surface area (Å²) in [5, 5.41) is 3.83. The van der Waals surface area contributed by atoms with Crippen molar-refractivity contribution in [3.05, 3.63) is 54.5 Å². The van der Waals surface area contributed by atoms with Gasteiger partial charge in [0.25, 0.3) is 0 Å². The first-order chi connectivity index (χ1) is 12.1. The summed E-state index contributed by atoms with van der Waals surface area (Å²) in [5.41, 5.74) is 2.37. The highest BCUT2D eigenvalue weighted by Crippen LogP contribution is 2.27. The number of fused-ring (bicyclic) bond motifs is 1. The van der Waals surface area contributed by atoms with Gasteiger partial charge < -0.3 is 14.6 Å². The molecule has 2 aromatic heterocycles. The van der Waals surface area contributed by atoms with Gasteiger partial charge in [-0.3, -0.25) is 4.79 Å². The van der Waals surface area contributed by atoms with E-state index in [1.807, 2.05) is 29.7 Å². The van der Waals surface area contributed by atoms with Crippen LogP contribution in [-0.2, 0) is 16.1 Å². The molecule has 0 aliphatic rings. The van der Waals surface area contributed by atoms with E-state index in [1.165, 1.54) is 12.1 Å². The first kappa shape index (κ1) is 17.1. The first-order valence-electron chi connectivity index (χ1n) is 8.07. The fourth-order valence-corrected chi connectivity index (χ4v) is 2.86. The summed E-state index contributed by atoms with van der Waals surface area (Å²) in [6.45, 7) is 2.46. The smallest absolute Gasteiger partial charge is 0.240 e. The average Bonchev–Trinajstić information content (AvgIpc) is 2.94. The number of benzene rings is 1. The zero-order valence-electron chi connectivity index (χ0n) is 14.2. The SMILES string of the molecule is COC[C@@H](C)NC(=O)Cn1c(-c2ccc(F)cc2)cc2cccnc21. The highest BCUT2D eigenvalue weighted by Gasteiger charge is 2.15. The van der Waals surface area contributed by atoms with Crippen LogP contribution >= 0.6 is 0 Å². The summed E-state index contributed by atoms with van der Waals surface area (Å²) in [7, 11) is 1.60. The second-order valence-corrected chi connectivity index (χ2v) is 5.96. The van der Waals surface area contributed by atoms with Crippen molar-refractivity contribution < 1.29 is 13.9 Å². The molecular formula is C19H20FN3O2. The number of hydrogen-bond donors (Lipinski definition) is 1. The van der Waals surface area contributed by atoms with Crippen LogP contribution in [0.2, 0.25) is 0 Å². The summed E-state index contributed by atoms with van der Waals surface area (Å²) in [6.07, 6.45) is 1.69. The molecule has 0 bridgehead atoms. The maximum Gasteiger partial charge on any atom is 0.240 e. The van der Waals surface area contributed by atoms with Crippen molar-refractivity contribution in [2.24, 2.45) is 0 Å². The van der Waals surface area contributed by atoms with Gasteiger partial charge in [-0.1, -0.05) is 0 Å². The van der Waals surface area contributed by atoms with Crippen molar-refractivity contribution in [3.8, 4) is 11.3 Å². The van der Waals surface area contributed by atoms with Crippen LogP contribution in [0.3, 0.4) is 0 Å². The van der Waals surface area contributed by atoms with Gasteiger partial charge in [0.1, 0.15) is 18.0 Å². The average molecular weight is 341 g/mol. The van der Waals surface area contributed by atoms with Crippen LogP contribution in [-0.4, -0.2) is 35.2 Å². The molecule has 130 valence electrons. The van der Waals surface area contributed by atoms with Crippen LogP contribution in [0.25, 0.3) is 22.3 Å². The van der Waals surface area contributed by atoms with Gasteiger partial charge in [0.15, 0.2) is 0 Å². The van der Waals surface area contributed by atoms with E-state index in [-0.39, 0.29) is 24.3 Å². The Bertz CT molecular complexity index is 874.